The molecule has 3 aromatic rings. The average molecular weight is 391 g/mol. The SMILES string of the molecule is N#CCOc1ccc(NC(=O)C2(Cc3nc4ccccc4s3)CCCC2)cc1. The molecule has 1 aliphatic carbocycles. The van der Waals surface area contributed by atoms with Crippen molar-refractivity contribution in [3.8, 4) is 11.8 Å². The number of anilines is 1. The lowest BCUT2D eigenvalue weighted by Crippen LogP contribution is -2.35. The smallest absolute Gasteiger partial charge is 0.231 e. The van der Waals surface area contributed by atoms with Crippen LogP contribution < -0.4 is 10.1 Å². The molecule has 4 rings (SSSR count). The molecule has 1 N–H and O–H groups in total. The van der Waals surface area contributed by atoms with Crippen LogP contribution in [0.1, 0.15) is 30.7 Å². The van der Waals surface area contributed by atoms with E-state index in [0.717, 1.165) is 41.9 Å². The maximum atomic E-state index is 13.2. The summed E-state index contributed by atoms with van der Waals surface area (Å²) < 4.78 is 6.43. The van der Waals surface area contributed by atoms with Crippen molar-refractivity contribution in [3.63, 3.8) is 0 Å². The van der Waals surface area contributed by atoms with Gasteiger partial charge in [0.05, 0.1) is 20.6 Å². The number of fused-ring (bicyclic) bond motifs is 1. The first-order valence-electron chi connectivity index (χ1n) is 9.44. The molecule has 0 spiro atoms. The van der Waals surface area contributed by atoms with E-state index < -0.39 is 5.41 Å². The molecule has 1 fully saturated rings. The summed E-state index contributed by atoms with van der Waals surface area (Å²) in [5.41, 5.74) is 1.35. The number of thiazole rings is 1. The van der Waals surface area contributed by atoms with Crippen LogP contribution >= 0.6 is 11.3 Å². The molecule has 1 aliphatic rings. The van der Waals surface area contributed by atoms with Crippen LogP contribution in [-0.4, -0.2) is 17.5 Å². The third kappa shape index (κ3) is 3.85. The third-order valence-electron chi connectivity index (χ3n) is 5.29. The number of benzene rings is 2. The number of rotatable bonds is 6. The Labute approximate surface area is 168 Å². The second-order valence-corrected chi connectivity index (χ2v) is 8.28. The lowest BCUT2D eigenvalue weighted by Gasteiger charge is -2.26. The van der Waals surface area contributed by atoms with E-state index in [0.29, 0.717) is 12.2 Å². The summed E-state index contributed by atoms with van der Waals surface area (Å²) in [5, 5.41) is 12.7. The normalized spacial score (nSPS) is 15.2. The number of hydrogen-bond acceptors (Lipinski definition) is 5. The van der Waals surface area contributed by atoms with Crippen molar-refractivity contribution >= 4 is 33.1 Å². The van der Waals surface area contributed by atoms with E-state index in [4.69, 9.17) is 15.0 Å². The van der Waals surface area contributed by atoms with Crippen LogP contribution in [0.25, 0.3) is 10.2 Å². The van der Waals surface area contributed by atoms with Crippen molar-refractivity contribution in [3.05, 3.63) is 53.5 Å². The zero-order chi connectivity index (χ0) is 19.4. The van der Waals surface area contributed by atoms with Crippen LogP contribution in [0.5, 0.6) is 5.75 Å². The number of carbonyl (C=O) groups is 1. The average Bonchev–Trinajstić information content (AvgIpc) is 3.35. The van der Waals surface area contributed by atoms with Crippen molar-refractivity contribution in [1.29, 1.82) is 5.26 Å². The van der Waals surface area contributed by atoms with Crippen LogP contribution in [0, 0.1) is 16.7 Å². The van der Waals surface area contributed by atoms with Gasteiger partial charge in [0.25, 0.3) is 0 Å². The Kier molecular flexibility index (Phi) is 5.27. The fourth-order valence-corrected chi connectivity index (χ4v) is 4.95. The Morgan fingerprint density at radius 3 is 2.64 bits per heavy atom. The van der Waals surface area contributed by atoms with Crippen molar-refractivity contribution in [2.75, 3.05) is 11.9 Å². The maximum Gasteiger partial charge on any atom is 0.231 e. The van der Waals surface area contributed by atoms with Gasteiger partial charge in [-0.3, -0.25) is 4.79 Å². The zero-order valence-corrected chi connectivity index (χ0v) is 16.3. The highest BCUT2D eigenvalue weighted by Gasteiger charge is 2.42. The Morgan fingerprint density at radius 2 is 1.93 bits per heavy atom. The van der Waals surface area contributed by atoms with Gasteiger partial charge in [-0.15, -0.1) is 11.3 Å². The molecule has 0 saturated heterocycles. The molecular formula is C22H21N3O2S. The second-order valence-electron chi connectivity index (χ2n) is 7.16. The fourth-order valence-electron chi connectivity index (χ4n) is 3.83. The quantitative estimate of drug-likeness (QED) is 0.646. The summed E-state index contributed by atoms with van der Waals surface area (Å²) in [6, 6.07) is 17.2. The number of hydrogen-bond donors (Lipinski definition) is 1. The highest BCUT2D eigenvalue weighted by Crippen LogP contribution is 2.43. The number of carbonyl (C=O) groups excluding carboxylic acids is 1. The summed E-state index contributed by atoms with van der Waals surface area (Å²) in [4.78, 5) is 18.0. The summed E-state index contributed by atoms with van der Waals surface area (Å²) >= 11 is 1.68. The molecule has 0 atom stereocenters. The van der Waals surface area contributed by atoms with Gasteiger partial charge in [0.2, 0.25) is 5.91 Å². The molecule has 1 aromatic heterocycles. The van der Waals surface area contributed by atoms with Crippen LogP contribution in [0.15, 0.2) is 48.5 Å². The molecule has 28 heavy (non-hydrogen) atoms. The number of para-hydroxylation sites is 1. The fraction of sp³-hybridized carbons (Fsp3) is 0.318. The zero-order valence-electron chi connectivity index (χ0n) is 15.5. The largest absolute Gasteiger partial charge is 0.479 e. The first kappa shape index (κ1) is 18.5. The molecule has 5 nitrogen and oxygen atoms in total. The molecular weight excluding hydrogens is 370 g/mol. The van der Waals surface area contributed by atoms with E-state index in [9.17, 15) is 4.79 Å². The lowest BCUT2D eigenvalue weighted by atomic mass is 9.81. The topological polar surface area (TPSA) is 75.0 Å². The Morgan fingerprint density at radius 1 is 1.18 bits per heavy atom. The van der Waals surface area contributed by atoms with Crippen LogP contribution in [0.2, 0.25) is 0 Å². The standard InChI is InChI=1S/C22H21N3O2S/c23-13-14-27-17-9-7-16(8-10-17)24-21(26)22(11-3-4-12-22)15-20-25-18-5-1-2-6-19(18)28-20/h1-2,5-10H,3-4,11-12,14-15H2,(H,24,26). The minimum absolute atomic E-state index is 0.0109. The molecule has 0 aliphatic heterocycles. The number of aromatic nitrogens is 1. The summed E-state index contributed by atoms with van der Waals surface area (Å²) in [5.74, 6) is 0.680. The van der Waals surface area contributed by atoms with E-state index in [2.05, 4.69) is 11.4 Å². The predicted octanol–water partition coefficient (Wildman–Crippen LogP) is 4.94. The Balaban J connectivity index is 1.50. The number of nitrogens with one attached hydrogen (secondary N) is 1. The van der Waals surface area contributed by atoms with Gasteiger partial charge < -0.3 is 10.1 Å². The van der Waals surface area contributed by atoms with Gasteiger partial charge in [-0.1, -0.05) is 25.0 Å². The summed E-state index contributed by atoms with van der Waals surface area (Å²) in [6.07, 6.45) is 4.59. The number of amides is 1. The molecule has 1 amide bonds. The number of nitrogens with zero attached hydrogens (tertiary/aromatic N) is 2. The van der Waals surface area contributed by atoms with Crippen molar-refractivity contribution < 1.29 is 9.53 Å². The molecule has 6 heteroatoms. The van der Waals surface area contributed by atoms with Gasteiger partial charge in [-0.2, -0.15) is 5.26 Å². The number of nitriles is 1. The van der Waals surface area contributed by atoms with Crippen LogP contribution in [0.4, 0.5) is 5.69 Å². The van der Waals surface area contributed by atoms with Gasteiger partial charge in [0, 0.05) is 12.1 Å². The Hall–Kier alpha value is -2.91. The highest BCUT2D eigenvalue weighted by molar-refractivity contribution is 7.18. The maximum absolute atomic E-state index is 13.2. The highest BCUT2D eigenvalue weighted by atomic mass is 32.1. The van der Waals surface area contributed by atoms with E-state index in [1.807, 2.05) is 36.4 Å². The molecule has 1 saturated carbocycles. The van der Waals surface area contributed by atoms with Crippen molar-refractivity contribution in [1.82, 2.24) is 4.98 Å². The van der Waals surface area contributed by atoms with E-state index in [1.54, 1.807) is 23.5 Å². The van der Waals surface area contributed by atoms with Gasteiger partial charge >= 0.3 is 0 Å². The van der Waals surface area contributed by atoms with Gasteiger partial charge in [-0.05, 0) is 49.2 Å². The monoisotopic (exact) mass is 391 g/mol. The van der Waals surface area contributed by atoms with Crippen LogP contribution in [-0.2, 0) is 11.2 Å². The van der Waals surface area contributed by atoms with E-state index in [-0.39, 0.29) is 12.5 Å². The molecule has 0 unspecified atom stereocenters. The molecule has 142 valence electrons. The van der Waals surface area contributed by atoms with Crippen molar-refractivity contribution in [2.24, 2.45) is 5.41 Å². The molecule has 2 aromatic carbocycles. The van der Waals surface area contributed by atoms with E-state index >= 15 is 0 Å². The van der Waals surface area contributed by atoms with Crippen molar-refractivity contribution in [2.45, 2.75) is 32.1 Å². The Bertz CT molecular complexity index is 981. The molecule has 0 bridgehead atoms. The molecule has 0 radical (unpaired) electrons. The number of ether oxygens (including phenoxy) is 1. The van der Waals surface area contributed by atoms with Gasteiger partial charge in [-0.25, -0.2) is 4.98 Å². The third-order valence-corrected chi connectivity index (χ3v) is 6.32. The van der Waals surface area contributed by atoms with E-state index in [1.165, 1.54) is 4.70 Å². The lowest BCUT2D eigenvalue weighted by molar-refractivity contribution is -0.125. The minimum atomic E-state index is -0.399. The minimum Gasteiger partial charge on any atom is -0.479 e. The molecule has 1 heterocycles. The first-order valence-corrected chi connectivity index (χ1v) is 10.3. The van der Waals surface area contributed by atoms with Gasteiger partial charge in [0.1, 0.15) is 11.8 Å². The predicted molar refractivity (Wildman–Crippen MR) is 110 cm³/mol. The van der Waals surface area contributed by atoms with Crippen LogP contribution in [0.3, 0.4) is 0 Å². The first-order chi connectivity index (χ1) is 13.7. The summed E-state index contributed by atoms with van der Waals surface area (Å²) in [6.45, 7) is 0.0109. The summed E-state index contributed by atoms with van der Waals surface area (Å²) in [7, 11) is 0. The van der Waals surface area contributed by atoms with Gasteiger partial charge in [0.15, 0.2) is 6.61 Å². The second kappa shape index (κ2) is 7.99.